The number of benzene rings is 3. The number of aliphatic imine (C=N–C) groups is 1. The van der Waals surface area contributed by atoms with Crippen molar-refractivity contribution in [1.82, 2.24) is 10.2 Å². The first-order valence-corrected chi connectivity index (χ1v) is 11.8. The van der Waals surface area contributed by atoms with Gasteiger partial charge < -0.3 is 10.2 Å². The van der Waals surface area contributed by atoms with E-state index in [1.807, 2.05) is 82.3 Å². The van der Waals surface area contributed by atoms with Crippen LogP contribution >= 0.6 is 0 Å². The first-order chi connectivity index (χ1) is 16.7. The minimum absolute atomic E-state index is 0.0775. The highest BCUT2D eigenvalue weighted by Gasteiger charge is 2.42. The molecule has 0 fully saturated rings. The normalized spacial score (nSPS) is 17.7. The second-order valence-corrected chi connectivity index (χ2v) is 9.68. The predicted molar refractivity (Wildman–Crippen MR) is 136 cm³/mol. The monoisotopic (exact) mass is 471 g/mol. The lowest BCUT2D eigenvalue weighted by Crippen LogP contribution is -2.53. The van der Waals surface area contributed by atoms with Gasteiger partial charge in [-0.1, -0.05) is 67.6 Å². The Labute approximate surface area is 205 Å². The van der Waals surface area contributed by atoms with E-state index in [2.05, 4.69) is 5.32 Å². The number of rotatable bonds is 4. The van der Waals surface area contributed by atoms with Crippen molar-refractivity contribution in [2.24, 2.45) is 4.99 Å². The van der Waals surface area contributed by atoms with Crippen LogP contribution in [0, 0.1) is 5.82 Å². The molecule has 180 valence electrons. The molecule has 6 heteroatoms. The van der Waals surface area contributed by atoms with Crippen LogP contribution in [0.4, 0.5) is 10.1 Å². The van der Waals surface area contributed by atoms with E-state index in [1.165, 1.54) is 17.0 Å². The third-order valence-corrected chi connectivity index (χ3v) is 5.94. The van der Waals surface area contributed by atoms with Crippen molar-refractivity contribution in [2.45, 2.75) is 51.7 Å². The summed E-state index contributed by atoms with van der Waals surface area (Å²) in [6.45, 7) is 7.61. The van der Waals surface area contributed by atoms with Gasteiger partial charge in [0.05, 0.1) is 23.0 Å². The SMILES string of the molecule is CCC1C(c2ccccc2)=Nc2ccccc2C(C(=O)NC(C)(C)C)N1C(=O)c1ccccc1F. The van der Waals surface area contributed by atoms with Gasteiger partial charge in [-0.2, -0.15) is 0 Å². The molecule has 0 aromatic heterocycles. The summed E-state index contributed by atoms with van der Waals surface area (Å²) >= 11 is 0. The topological polar surface area (TPSA) is 61.8 Å². The number of nitrogens with zero attached hydrogens (tertiary/aromatic N) is 2. The molecule has 0 radical (unpaired) electrons. The van der Waals surface area contributed by atoms with Crippen LogP contribution in [-0.4, -0.2) is 34.0 Å². The number of fused-ring (bicyclic) bond motifs is 1. The first-order valence-electron chi connectivity index (χ1n) is 11.8. The lowest BCUT2D eigenvalue weighted by Gasteiger charge is -2.38. The van der Waals surface area contributed by atoms with Crippen molar-refractivity contribution in [1.29, 1.82) is 0 Å². The molecular formula is C29H30FN3O2. The van der Waals surface area contributed by atoms with E-state index in [-0.39, 0.29) is 11.5 Å². The number of hydrogen-bond acceptors (Lipinski definition) is 3. The van der Waals surface area contributed by atoms with Crippen LogP contribution in [-0.2, 0) is 4.79 Å². The number of nitrogens with one attached hydrogen (secondary N) is 1. The Balaban J connectivity index is 1.98. The van der Waals surface area contributed by atoms with Gasteiger partial charge in [0.25, 0.3) is 5.91 Å². The fourth-order valence-electron chi connectivity index (χ4n) is 4.48. The number of hydrogen-bond donors (Lipinski definition) is 1. The van der Waals surface area contributed by atoms with Gasteiger partial charge in [0.2, 0.25) is 5.91 Å². The van der Waals surface area contributed by atoms with E-state index >= 15 is 0 Å². The average molecular weight is 472 g/mol. The van der Waals surface area contributed by atoms with Crippen LogP contribution in [0.1, 0.15) is 61.6 Å². The zero-order valence-corrected chi connectivity index (χ0v) is 20.5. The van der Waals surface area contributed by atoms with Crippen molar-refractivity contribution in [3.8, 4) is 0 Å². The highest BCUT2D eigenvalue weighted by Crippen LogP contribution is 2.38. The van der Waals surface area contributed by atoms with Crippen LogP contribution in [0.3, 0.4) is 0 Å². The molecule has 35 heavy (non-hydrogen) atoms. The second kappa shape index (κ2) is 9.82. The molecule has 4 rings (SSSR count). The largest absolute Gasteiger partial charge is 0.349 e. The average Bonchev–Trinajstić information content (AvgIpc) is 2.98. The summed E-state index contributed by atoms with van der Waals surface area (Å²) < 4.78 is 14.9. The van der Waals surface area contributed by atoms with E-state index in [0.717, 1.165) is 5.56 Å². The molecule has 0 spiro atoms. The number of amides is 2. The molecule has 0 saturated carbocycles. The number of carbonyl (C=O) groups is 2. The Morgan fingerprint density at radius 3 is 2.23 bits per heavy atom. The Hall–Kier alpha value is -3.80. The highest BCUT2D eigenvalue weighted by molar-refractivity contribution is 6.10. The van der Waals surface area contributed by atoms with Crippen LogP contribution in [0.2, 0.25) is 0 Å². The number of halogens is 1. The van der Waals surface area contributed by atoms with Crippen LogP contribution < -0.4 is 5.32 Å². The Bertz CT molecular complexity index is 1260. The maximum Gasteiger partial charge on any atom is 0.258 e. The first kappa shape index (κ1) is 24.3. The number of para-hydroxylation sites is 1. The summed E-state index contributed by atoms with van der Waals surface area (Å²) in [6.07, 6.45) is 0.487. The summed E-state index contributed by atoms with van der Waals surface area (Å²) in [5.41, 5.74) is 2.11. The Kier molecular flexibility index (Phi) is 6.83. The van der Waals surface area contributed by atoms with Crippen LogP contribution in [0.5, 0.6) is 0 Å². The summed E-state index contributed by atoms with van der Waals surface area (Å²) in [5, 5.41) is 3.03. The van der Waals surface area contributed by atoms with Crippen molar-refractivity contribution in [3.05, 3.63) is 101 Å². The minimum atomic E-state index is -0.993. The molecule has 1 N–H and O–H groups in total. The van der Waals surface area contributed by atoms with E-state index in [1.54, 1.807) is 12.1 Å². The zero-order chi connectivity index (χ0) is 25.2. The molecule has 1 heterocycles. The summed E-state index contributed by atoms with van der Waals surface area (Å²) in [4.78, 5) is 34.4. The zero-order valence-electron chi connectivity index (χ0n) is 20.5. The third-order valence-electron chi connectivity index (χ3n) is 5.94. The second-order valence-electron chi connectivity index (χ2n) is 9.68. The molecule has 2 atom stereocenters. The lowest BCUT2D eigenvalue weighted by molar-refractivity contribution is -0.127. The van der Waals surface area contributed by atoms with E-state index < -0.39 is 29.3 Å². The fourth-order valence-corrected chi connectivity index (χ4v) is 4.48. The maximum absolute atomic E-state index is 14.9. The van der Waals surface area contributed by atoms with E-state index in [4.69, 9.17) is 4.99 Å². The van der Waals surface area contributed by atoms with Crippen LogP contribution in [0.25, 0.3) is 0 Å². The van der Waals surface area contributed by atoms with Gasteiger partial charge in [0, 0.05) is 11.1 Å². The van der Waals surface area contributed by atoms with E-state index in [9.17, 15) is 14.0 Å². The van der Waals surface area contributed by atoms with Crippen LogP contribution in [0.15, 0.2) is 83.9 Å². The molecule has 0 aliphatic carbocycles. The molecule has 3 aromatic carbocycles. The van der Waals surface area contributed by atoms with Crippen molar-refractivity contribution in [3.63, 3.8) is 0 Å². The van der Waals surface area contributed by atoms with Gasteiger partial charge in [0.1, 0.15) is 11.9 Å². The standard InChI is InChI=1S/C29H30FN3O2/c1-5-24-25(19-13-7-6-8-14-19)31-23-18-12-10-16-21(23)26(27(34)32-29(2,3)4)33(24)28(35)20-15-9-11-17-22(20)30/h6-18,24,26H,5H2,1-4H3,(H,32,34). The molecule has 3 aromatic rings. The predicted octanol–water partition coefficient (Wildman–Crippen LogP) is 5.84. The maximum atomic E-state index is 14.9. The van der Waals surface area contributed by atoms with E-state index in [0.29, 0.717) is 23.4 Å². The van der Waals surface area contributed by atoms with Gasteiger partial charge in [0.15, 0.2) is 0 Å². The van der Waals surface area contributed by atoms with Crippen molar-refractivity contribution in [2.75, 3.05) is 0 Å². The Morgan fingerprint density at radius 1 is 0.943 bits per heavy atom. The molecular weight excluding hydrogens is 441 g/mol. The van der Waals surface area contributed by atoms with Gasteiger partial charge in [-0.25, -0.2) is 4.39 Å². The quantitative estimate of drug-likeness (QED) is 0.520. The number of carbonyl (C=O) groups excluding carboxylic acids is 2. The molecule has 1 aliphatic rings. The summed E-state index contributed by atoms with van der Waals surface area (Å²) in [7, 11) is 0. The minimum Gasteiger partial charge on any atom is -0.349 e. The van der Waals surface area contributed by atoms with Gasteiger partial charge in [-0.3, -0.25) is 14.6 Å². The van der Waals surface area contributed by atoms with Gasteiger partial charge in [-0.15, -0.1) is 0 Å². The molecule has 5 nitrogen and oxygen atoms in total. The molecule has 2 amide bonds. The molecule has 0 bridgehead atoms. The molecule has 1 aliphatic heterocycles. The lowest BCUT2D eigenvalue weighted by atomic mass is 9.95. The third kappa shape index (κ3) is 5.02. The highest BCUT2D eigenvalue weighted by atomic mass is 19.1. The summed E-state index contributed by atoms with van der Waals surface area (Å²) in [6, 6.07) is 21.3. The van der Waals surface area contributed by atoms with Gasteiger partial charge >= 0.3 is 0 Å². The summed E-state index contributed by atoms with van der Waals surface area (Å²) in [5.74, 6) is -1.51. The van der Waals surface area contributed by atoms with Crippen molar-refractivity contribution >= 4 is 23.2 Å². The Morgan fingerprint density at radius 2 is 1.57 bits per heavy atom. The fraction of sp³-hybridized carbons (Fsp3) is 0.276. The van der Waals surface area contributed by atoms with Gasteiger partial charge in [-0.05, 0) is 51.0 Å². The van der Waals surface area contributed by atoms with Crippen molar-refractivity contribution < 1.29 is 14.0 Å². The molecule has 0 saturated heterocycles. The smallest absolute Gasteiger partial charge is 0.258 e. The molecule has 2 unspecified atom stereocenters.